The normalized spacial score (nSPS) is 21.0. The summed E-state index contributed by atoms with van der Waals surface area (Å²) in [7, 11) is 0. The molecule has 25 heavy (non-hydrogen) atoms. The van der Waals surface area contributed by atoms with Crippen molar-refractivity contribution in [2.75, 3.05) is 26.3 Å². The van der Waals surface area contributed by atoms with Gasteiger partial charge in [-0.25, -0.2) is 4.98 Å². The van der Waals surface area contributed by atoms with Crippen molar-refractivity contribution in [3.05, 3.63) is 15.6 Å². The highest BCUT2D eigenvalue weighted by Gasteiger charge is 2.31. The van der Waals surface area contributed by atoms with Gasteiger partial charge in [-0.15, -0.1) is 11.3 Å². The number of thiazole rings is 1. The van der Waals surface area contributed by atoms with Crippen LogP contribution in [0.5, 0.6) is 0 Å². The van der Waals surface area contributed by atoms with Crippen molar-refractivity contribution >= 4 is 23.2 Å². The molecular formula is C18H27N3O3S. The molecule has 2 aliphatic rings. The predicted octanol–water partition coefficient (Wildman–Crippen LogP) is 2.22. The Kier molecular flexibility index (Phi) is 6.06. The minimum atomic E-state index is -0.0127. The number of rotatable bonds is 5. The number of hydrogen-bond acceptors (Lipinski definition) is 5. The summed E-state index contributed by atoms with van der Waals surface area (Å²) in [5.74, 6) is 0.122. The topological polar surface area (TPSA) is 71.5 Å². The maximum absolute atomic E-state index is 12.7. The van der Waals surface area contributed by atoms with Crippen LogP contribution >= 0.6 is 11.3 Å². The van der Waals surface area contributed by atoms with Crippen LogP contribution in [0.1, 0.15) is 54.2 Å². The molecule has 1 aromatic heterocycles. The van der Waals surface area contributed by atoms with Gasteiger partial charge in [-0.1, -0.05) is 0 Å². The second-order valence-electron chi connectivity index (χ2n) is 6.79. The number of nitrogens with zero attached hydrogens (tertiary/aromatic N) is 2. The van der Waals surface area contributed by atoms with Crippen molar-refractivity contribution < 1.29 is 14.3 Å². The molecule has 1 unspecified atom stereocenters. The van der Waals surface area contributed by atoms with Crippen LogP contribution in [0, 0.1) is 12.8 Å². The number of carbonyl (C=O) groups excluding carboxylic acids is 2. The molecule has 1 aliphatic carbocycles. The first-order valence-electron chi connectivity index (χ1n) is 9.20. The van der Waals surface area contributed by atoms with E-state index < -0.39 is 0 Å². The number of ether oxygens (including phenoxy) is 1. The predicted molar refractivity (Wildman–Crippen MR) is 96.5 cm³/mol. The third-order valence-electron chi connectivity index (χ3n) is 5.03. The number of hydrogen-bond donors (Lipinski definition) is 1. The molecule has 1 saturated heterocycles. The summed E-state index contributed by atoms with van der Waals surface area (Å²) in [6.07, 6.45) is 4.59. The van der Waals surface area contributed by atoms with Gasteiger partial charge in [-0.05, 0) is 46.0 Å². The molecule has 0 saturated carbocycles. The number of fused-ring (bicyclic) bond motifs is 1. The summed E-state index contributed by atoms with van der Waals surface area (Å²) in [4.78, 5) is 32.4. The maximum atomic E-state index is 12.7. The zero-order chi connectivity index (χ0) is 17.8. The van der Waals surface area contributed by atoms with Crippen molar-refractivity contribution in [2.45, 2.75) is 52.0 Å². The van der Waals surface area contributed by atoms with Crippen LogP contribution in [0.15, 0.2) is 0 Å². The standard InChI is InChI=1S/C18H27N3O3S/c1-3-24-11-16(22)21-9-7-13(8-10-21)18(23)20-14-5-4-6-15-17(14)19-12(2)25-15/h13-14H,3-11H2,1-2H3,(H,20,23). The number of piperidine rings is 1. The van der Waals surface area contributed by atoms with Gasteiger partial charge >= 0.3 is 0 Å². The molecule has 1 aliphatic heterocycles. The van der Waals surface area contributed by atoms with E-state index in [1.807, 2.05) is 18.7 Å². The third kappa shape index (κ3) is 4.39. The lowest BCUT2D eigenvalue weighted by molar-refractivity contribution is -0.139. The van der Waals surface area contributed by atoms with Crippen molar-refractivity contribution in [1.29, 1.82) is 0 Å². The highest BCUT2D eigenvalue weighted by atomic mass is 32.1. The molecular weight excluding hydrogens is 338 g/mol. The number of carbonyl (C=O) groups is 2. The average molecular weight is 365 g/mol. The molecule has 2 amide bonds. The molecule has 6 nitrogen and oxygen atoms in total. The highest BCUT2D eigenvalue weighted by molar-refractivity contribution is 7.11. The van der Waals surface area contributed by atoms with E-state index in [0.717, 1.165) is 42.8 Å². The van der Waals surface area contributed by atoms with E-state index in [1.165, 1.54) is 4.88 Å². The smallest absolute Gasteiger partial charge is 0.248 e. The summed E-state index contributed by atoms with van der Waals surface area (Å²) in [5.41, 5.74) is 1.08. The second kappa shape index (κ2) is 8.27. The Morgan fingerprint density at radius 2 is 2.08 bits per heavy atom. The van der Waals surface area contributed by atoms with Crippen LogP contribution in [0.3, 0.4) is 0 Å². The number of amides is 2. The highest BCUT2D eigenvalue weighted by Crippen LogP contribution is 2.33. The van der Waals surface area contributed by atoms with Crippen molar-refractivity contribution in [3.8, 4) is 0 Å². The number of aromatic nitrogens is 1. The number of likely N-dealkylation sites (tertiary alicyclic amines) is 1. The van der Waals surface area contributed by atoms with E-state index in [4.69, 9.17) is 4.74 Å². The molecule has 1 N–H and O–H groups in total. The van der Waals surface area contributed by atoms with Gasteiger partial charge in [0.05, 0.1) is 16.7 Å². The van der Waals surface area contributed by atoms with E-state index in [2.05, 4.69) is 10.3 Å². The van der Waals surface area contributed by atoms with Gasteiger partial charge in [0.1, 0.15) is 6.61 Å². The van der Waals surface area contributed by atoms with Crippen molar-refractivity contribution in [3.63, 3.8) is 0 Å². The summed E-state index contributed by atoms with van der Waals surface area (Å²) in [6.45, 7) is 5.86. The summed E-state index contributed by atoms with van der Waals surface area (Å²) >= 11 is 1.75. The van der Waals surface area contributed by atoms with Gasteiger partial charge in [0.2, 0.25) is 11.8 Å². The Labute approximate surface area is 153 Å². The zero-order valence-electron chi connectivity index (χ0n) is 15.0. The first-order valence-corrected chi connectivity index (χ1v) is 10.0. The van der Waals surface area contributed by atoms with Crippen LogP contribution < -0.4 is 5.32 Å². The van der Waals surface area contributed by atoms with Gasteiger partial charge in [-0.3, -0.25) is 9.59 Å². The second-order valence-corrected chi connectivity index (χ2v) is 8.07. The lowest BCUT2D eigenvalue weighted by atomic mass is 9.93. The molecule has 2 heterocycles. The molecule has 138 valence electrons. The zero-order valence-corrected chi connectivity index (χ0v) is 15.9. The average Bonchev–Trinajstić information content (AvgIpc) is 3.01. The molecule has 1 aromatic rings. The van der Waals surface area contributed by atoms with Gasteiger partial charge in [0, 0.05) is 30.5 Å². The van der Waals surface area contributed by atoms with Crippen LogP contribution in [-0.2, 0) is 20.7 Å². The van der Waals surface area contributed by atoms with Crippen molar-refractivity contribution in [1.82, 2.24) is 15.2 Å². The van der Waals surface area contributed by atoms with Gasteiger partial charge < -0.3 is 15.0 Å². The van der Waals surface area contributed by atoms with E-state index in [1.54, 1.807) is 11.3 Å². The molecule has 0 radical (unpaired) electrons. The maximum Gasteiger partial charge on any atom is 0.248 e. The van der Waals surface area contributed by atoms with Gasteiger partial charge in [-0.2, -0.15) is 0 Å². The lowest BCUT2D eigenvalue weighted by Crippen LogP contribution is -2.45. The SMILES string of the molecule is CCOCC(=O)N1CCC(C(=O)NC2CCCc3sc(C)nc32)CC1. The fourth-order valence-corrected chi connectivity index (χ4v) is 4.68. The largest absolute Gasteiger partial charge is 0.372 e. The van der Waals surface area contributed by atoms with Gasteiger partial charge in [0.15, 0.2) is 0 Å². The summed E-state index contributed by atoms with van der Waals surface area (Å²) in [6, 6.07) is 0.0545. The van der Waals surface area contributed by atoms with Crippen molar-refractivity contribution in [2.24, 2.45) is 5.92 Å². The summed E-state index contributed by atoms with van der Waals surface area (Å²) < 4.78 is 5.18. The monoisotopic (exact) mass is 365 g/mol. The van der Waals surface area contributed by atoms with E-state index in [-0.39, 0.29) is 30.4 Å². The lowest BCUT2D eigenvalue weighted by Gasteiger charge is -2.32. The minimum Gasteiger partial charge on any atom is -0.372 e. The quantitative estimate of drug-likeness (QED) is 0.868. The number of aryl methyl sites for hydroxylation is 2. The minimum absolute atomic E-state index is 0.0127. The Morgan fingerprint density at radius 1 is 1.32 bits per heavy atom. The molecule has 7 heteroatoms. The fourth-order valence-electron chi connectivity index (χ4n) is 3.64. The van der Waals surface area contributed by atoms with Crippen LogP contribution in [0.25, 0.3) is 0 Å². The molecule has 0 aromatic carbocycles. The molecule has 3 rings (SSSR count). The Morgan fingerprint density at radius 3 is 2.80 bits per heavy atom. The molecule has 0 bridgehead atoms. The molecule has 1 fully saturated rings. The van der Waals surface area contributed by atoms with E-state index >= 15 is 0 Å². The number of nitrogens with one attached hydrogen (secondary N) is 1. The Balaban J connectivity index is 1.51. The molecule has 1 atom stereocenters. The Bertz CT molecular complexity index is 623. The van der Waals surface area contributed by atoms with Crippen LogP contribution in [0.4, 0.5) is 0 Å². The Hall–Kier alpha value is -1.47. The van der Waals surface area contributed by atoms with Crippen LogP contribution in [-0.4, -0.2) is 48.0 Å². The molecule has 0 spiro atoms. The van der Waals surface area contributed by atoms with E-state index in [9.17, 15) is 9.59 Å². The first kappa shape index (κ1) is 18.3. The van der Waals surface area contributed by atoms with Gasteiger partial charge in [0.25, 0.3) is 0 Å². The third-order valence-corrected chi connectivity index (χ3v) is 6.07. The first-order chi connectivity index (χ1) is 12.1. The summed E-state index contributed by atoms with van der Waals surface area (Å²) in [5, 5.41) is 4.29. The van der Waals surface area contributed by atoms with E-state index in [0.29, 0.717) is 19.7 Å². The fraction of sp³-hybridized carbons (Fsp3) is 0.722. The van der Waals surface area contributed by atoms with Crippen LogP contribution in [0.2, 0.25) is 0 Å².